The zero-order valence-corrected chi connectivity index (χ0v) is 17.3. The summed E-state index contributed by atoms with van der Waals surface area (Å²) in [5.74, 6) is -0.385. The molecule has 0 radical (unpaired) electrons. The molecule has 0 aliphatic carbocycles. The van der Waals surface area contributed by atoms with Crippen LogP contribution in [0, 0.1) is 12.3 Å². The van der Waals surface area contributed by atoms with E-state index in [0.717, 1.165) is 39.9 Å². The summed E-state index contributed by atoms with van der Waals surface area (Å²) >= 11 is 1.63. The van der Waals surface area contributed by atoms with Gasteiger partial charge in [-0.25, -0.2) is 19.7 Å². The Hall–Kier alpha value is -2.64. The van der Waals surface area contributed by atoms with Crippen molar-refractivity contribution in [2.75, 3.05) is 6.54 Å². The smallest absolute Gasteiger partial charge is 0.335 e. The fourth-order valence-corrected chi connectivity index (χ4v) is 3.70. The number of hydrogen-bond donors (Lipinski definition) is 2. The Kier molecular flexibility index (Phi) is 5.86. The Bertz CT molecular complexity index is 975. The number of nitrogens with one attached hydrogen (secondary N) is 1. The maximum atomic E-state index is 11.0. The highest BCUT2D eigenvalue weighted by molar-refractivity contribution is 7.15. The second-order valence-corrected chi connectivity index (χ2v) is 8.92. The predicted octanol–water partition coefficient (Wildman–Crippen LogP) is 4.41. The third-order valence-electron chi connectivity index (χ3n) is 4.05. The van der Waals surface area contributed by atoms with E-state index in [0.29, 0.717) is 5.82 Å². The van der Waals surface area contributed by atoms with Crippen molar-refractivity contribution in [1.29, 1.82) is 0 Å². The van der Waals surface area contributed by atoms with Gasteiger partial charge in [0.15, 0.2) is 5.82 Å². The van der Waals surface area contributed by atoms with Crippen LogP contribution in [0.4, 0.5) is 0 Å². The number of nitrogens with zero attached hydrogens (tertiary/aromatic N) is 3. The summed E-state index contributed by atoms with van der Waals surface area (Å²) < 4.78 is 0. The van der Waals surface area contributed by atoms with Gasteiger partial charge in [-0.15, -0.1) is 11.3 Å². The molecule has 2 aromatic heterocycles. The largest absolute Gasteiger partial charge is 0.478 e. The van der Waals surface area contributed by atoms with Gasteiger partial charge in [-0.05, 0) is 30.5 Å². The average molecular weight is 397 g/mol. The molecule has 0 aliphatic rings. The van der Waals surface area contributed by atoms with Crippen molar-refractivity contribution in [3.63, 3.8) is 0 Å². The van der Waals surface area contributed by atoms with Crippen molar-refractivity contribution < 1.29 is 9.90 Å². The molecule has 7 heteroatoms. The topological polar surface area (TPSA) is 88.0 Å². The summed E-state index contributed by atoms with van der Waals surface area (Å²) in [5, 5.41) is 13.5. The van der Waals surface area contributed by atoms with Gasteiger partial charge in [0.05, 0.1) is 21.8 Å². The number of aryl methyl sites for hydroxylation is 1. The number of carboxylic acid groups (broad SMARTS) is 1. The lowest BCUT2D eigenvalue weighted by molar-refractivity contribution is 0.0697. The SMILES string of the molecule is Cc1nc(CNCC(C)(C)C)sc1-c1ccnc(-c2ccc(C(=O)O)cc2)n1. The molecule has 0 saturated carbocycles. The molecule has 0 aliphatic heterocycles. The van der Waals surface area contributed by atoms with E-state index in [1.807, 2.05) is 13.0 Å². The predicted molar refractivity (Wildman–Crippen MR) is 111 cm³/mol. The fourth-order valence-electron chi connectivity index (χ4n) is 2.70. The van der Waals surface area contributed by atoms with Gasteiger partial charge in [-0.2, -0.15) is 0 Å². The lowest BCUT2D eigenvalue weighted by Crippen LogP contribution is -2.26. The van der Waals surface area contributed by atoms with E-state index in [1.165, 1.54) is 0 Å². The number of aromatic carboxylic acids is 1. The first kappa shape index (κ1) is 20.1. The molecule has 2 heterocycles. The molecule has 146 valence electrons. The number of hydrogen-bond acceptors (Lipinski definition) is 6. The van der Waals surface area contributed by atoms with Crippen LogP contribution >= 0.6 is 11.3 Å². The highest BCUT2D eigenvalue weighted by Gasteiger charge is 2.14. The van der Waals surface area contributed by atoms with Crippen LogP contribution < -0.4 is 5.32 Å². The van der Waals surface area contributed by atoms with Crippen LogP contribution in [0.1, 0.15) is 41.8 Å². The fraction of sp³-hybridized carbons (Fsp3) is 0.333. The van der Waals surface area contributed by atoms with Crippen molar-refractivity contribution in [3.05, 3.63) is 52.8 Å². The van der Waals surface area contributed by atoms with Gasteiger partial charge in [-0.3, -0.25) is 0 Å². The van der Waals surface area contributed by atoms with Crippen molar-refractivity contribution >= 4 is 17.3 Å². The van der Waals surface area contributed by atoms with E-state index in [9.17, 15) is 4.79 Å². The van der Waals surface area contributed by atoms with Crippen LogP contribution in [0.15, 0.2) is 36.5 Å². The number of carbonyl (C=O) groups is 1. The lowest BCUT2D eigenvalue weighted by atomic mass is 9.97. The summed E-state index contributed by atoms with van der Waals surface area (Å²) in [4.78, 5) is 25.7. The monoisotopic (exact) mass is 396 g/mol. The third kappa shape index (κ3) is 4.99. The Balaban J connectivity index is 1.81. The number of aromatic nitrogens is 3. The first-order chi connectivity index (χ1) is 13.2. The van der Waals surface area contributed by atoms with Gasteiger partial charge in [0.1, 0.15) is 5.01 Å². The molecule has 0 fully saturated rings. The molecule has 0 saturated heterocycles. The first-order valence-electron chi connectivity index (χ1n) is 9.07. The summed E-state index contributed by atoms with van der Waals surface area (Å²) in [5.41, 5.74) is 3.02. The molecule has 3 rings (SSSR count). The molecule has 0 unspecified atom stereocenters. The van der Waals surface area contributed by atoms with Crippen LogP contribution in [0.25, 0.3) is 22.0 Å². The summed E-state index contributed by atoms with van der Waals surface area (Å²) in [7, 11) is 0. The van der Waals surface area contributed by atoms with Gasteiger partial charge in [0, 0.05) is 24.8 Å². The summed E-state index contributed by atoms with van der Waals surface area (Å²) in [6.45, 7) is 10.2. The molecule has 2 N–H and O–H groups in total. The Morgan fingerprint density at radius 2 is 1.86 bits per heavy atom. The lowest BCUT2D eigenvalue weighted by Gasteiger charge is -2.18. The Morgan fingerprint density at radius 3 is 2.50 bits per heavy atom. The van der Waals surface area contributed by atoms with Crippen molar-refractivity contribution in [3.8, 4) is 22.0 Å². The summed E-state index contributed by atoms with van der Waals surface area (Å²) in [6, 6.07) is 8.45. The van der Waals surface area contributed by atoms with E-state index >= 15 is 0 Å². The van der Waals surface area contributed by atoms with Crippen LogP contribution in [0.2, 0.25) is 0 Å². The minimum atomic E-state index is -0.950. The van der Waals surface area contributed by atoms with Crippen molar-refractivity contribution in [2.24, 2.45) is 5.41 Å². The van der Waals surface area contributed by atoms with E-state index in [1.54, 1.807) is 41.8 Å². The van der Waals surface area contributed by atoms with Crippen molar-refractivity contribution in [2.45, 2.75) is 34.2 Å². The molecule has 0 amide bonds. The standard InChI is InChI=1S/C21H24N4O2S/c1-13-18(28-17(24-13)11-22-12-21(2,3)4)16-9-10-23-19(25-16)14-5-7-15(8-6-14)20(26)27/h5-10,22H,11-12H2,1-4H3,(H,26,27). The van der Waals surface area contributed by atoms with Gasteiger partial charge < -0.3 is 10.4 Å². The molecule has 28 heavy (non-hydrogen) atoms. The van der Waals surface area contributed by atoms with E-state index in [-0.39, 0.29) is 11.0 Å². The number of rotatable bonds is 6. The summed E-state index contributed by atoms with van der Waals surface area (Å²) in [6.07, 6.45) is 1.72. The maximum Gasteiger partial charge on any atom is 0.335 e. The number of benzene rings is 1. The number of carboxylic acids is 1. The van der Waals surface area contributed by atoms with E-state index in [2.05, 4.69) is 41.0 Å². The highest BCUT2D eigenvalue weighted by Crippen LogP contribution is 2.30. The van der Waals surface area contributed by atoms with Gasteiger partial charge in [0.2, 0.25) is 0 Å². The molecule has 1 aromatic carbocycles. The first-order valence-corrected chi connectivity index (χ1v) is 9.89. The van der Waals surface area contributed by atoms with E-state index < -0.39 is 5.97 Å². The van der Waals surface area contributed by atoms with Gasteiger partial charge in [0.25, 0.3) is 0 Å². The molecular formula is C21H24N4O2S. The molecule has 0 spiro atoms. The second-order valence-electron chi connectivity index (χ2n) is 7.83. The minimum absolute atomic E-state index is 0.229. The maximum absolute atomic E-state index is 11.0. The van der Waals surface area contributed by atoms with Crippen LogP contribution in [-0.2, 0) is 6.54 Å². The zero-order valence-electron chi connectivity index (χ0n) is 16.5. The average Bonchev–Trinajstić information content (AvgIpc) is 3.01. The molecular weight excluding hydrogens is 372 g/mol. The van der Waals surface area contributed by atoms with Crippen LogP contribution in [0.5, 0.6) is 0 Å². The normalized spacial score (nSPS) is 11.6. The third-order valence-corrected chi connectivity index (χ3v) is 5.23. The Labute approximate surface area is 168 Å². The van der Waals surface area contributed by atoms with E-state index in [4.69, 9.17) is 5.11 Å². The van der Waals surface area contributed by atoms with Crippen molar-refractivity contribution in [1.82, 2.24) is 20.3 Å². The van der Waals surface area contributed by atoms with Gasteiger partial charge in [-0.1, -0.05) is 32.9 Å². The quantitative estimate of drug-likeness (QED) is 0.642. The molecule has 3 aromatic rings. The van der Waals surface area contributed by atoms with Gasteiger partial charge >= 0.3 is 5.97 Å². The van der Waals surface area contributed by atoms with Crippen LogP contribution in [-0.4, -0.2) is 32.6 Å². The number of thiazole rings is 1. The second kappa shape index (κ2) is 8.16. The Morgan fingerprint density at radius 1 is 1.14 bits per heavy atom. The molecule has 6 nitrogen and oxygen atoms in total. The van der Waals surface area contributed by atoms with Crippen LogP contribution in [0.3, 0.4) is 0 Å². The zero-order chi connectivity index (χ0) is 20.3. The molecule has 0 bridgehead atoms. The molecule has 0 atom stereocenters. The highest BCUT2D eigenvalue weighted by atomic mass is 32.1. The minimum Gasteiger partial charge on any atom is -0.478 e.